The summed E-state index contributed by atoms with van der Waals surface area (Å²) in [7, 11) is 1.15. The van der Waals surface area contributed by atoms with E-state index < -0.39 is 110 Å². The summed E-state index contributed by atoms with van der Waals surface area (Å²) in [4.78, 5) is 45.5. The van der Waals surface area contributed by atoms with Gasteiger partial charge in [0.1, 0.15) is 73.6 Å². The van der Waals surface area contributed by atoms with Crippen LogP contribution in [0, 0.1) is 0 Å². The first kappa shape index (κ1) is 52.8. The van der Waals surface area contributed by atoms with Gasteiger partial charge in [-0.2, -0.15) is 0 Å². The molecule has 4 heterocycles. The third-order valence-electron chi connectivity index (χ3n) is 12.4. The van der Waals surface area contributed by atoms with Crippen molar-refractivity contribution in [2.45, 2.75) is 132 Å². The molecule has 8 rings (SSSR count). The van der Waals surface area contributed by atoms with Crippen molar-refractivity contribution < 1.29 is 76.0 Å². The zero-order chi connectivity index (χ0) is 51.1. The number of benzene rings is 4. The Hall–Kier alpha value is -6.49. The molecule has 4 aliphatic rings. The maximum absolute atomic E-state index is 14.3. The molecule has 0 aliphatic carbocycles. The minimum atomic E-state index is -1.72. The van der Waals surface area contributed by atoms with Gasteiger partial charge in [0, 0.05) is 23.7 Å². The van der Waals surface area contributed by atoms with E-state index >= 15 is 0 Å². The highest BCUT2D eigenvalue weighted by molar-refractivity contribution is 5.75. The molecule has 15 atom stereocenters. The van der Waals surface area contributed by atoms with Crippen LogP contribution >= 0.6 is 0 Å². The third kappa shape index (κ3) is 13.6. The van der Waals surface area contributed by atoms with E-state index in [9.17, 15) is 25.4 Å². The molecule has 4 aromatic carbocycles. The van der Waals surface area contributed by atoms with Gasteiger partial charge in [-0.05, 0) is 33.3 Å². The van der Waals surface area contributed by atoms with Gasteiger partial charge in [-0.3, -0.25) is 9.59 Å². The lowest BCUT2D eigenvalue weighted by Crippen LogP contribution is -2.67. The van der Waals surface area contributed by atoms with Gasteiger partial charge in [0.05, 0.1) is 40.1 Å². The summed E-state index contributed by atoms with van der Waals surface area (Å²) in [6.07, 6.45) is -16.8. The zero-order valence-corrected chi connectivity index (χ0v) is 40.2. The fourth-order valence-corrected chi connectivity index (χ4v) is 9.06. The monoisotopic (exact) mass is 1010 g/mol. The van der Waals surface area contributed by atoms with Crippen molar-refractivity contribution in [3.05, 3.63) is 164 Å². The SMILES string of the molecule is COC(=O)[C@H]1O[C@@H](OC2[C@H]3CO[C@@H](O3)[C@H](N=[N+]=[N-])[C@H]2OC(C)=O)[C@H](OCc2ccccc2)[C@@H](OCc2ccccc2)[C@@H]1O[C@H]1O[C@H](COC(C)=O)[C@@H](OCc2ccccc2)[C@H](OCc2ccccc2)[C@H]1N=[N+]=[N-]. The summed E-state index contributed by atoms with van der Waals surface area (Å²) in [5, 5.41) is 8.05. The first-order valence-electron chi connectivity index (χ1n) is 23.6. The van der Waals surface area contributed by atoms with E-state index in [-0.39, 0.29) is 39.6 Å². The van der Waals surface area contributed by atoms with Crippen molar-refractivity contribution in [2.75, 3.05) is 20.3 Å². The summed E-state index contributed by atoms with van der Waals surface area (Å²) in [5.74, 6) is -2.27. The molecule has 0 aromatic heterocycles. The number of ether oxygens (including phenoxy) is 13. The van der Waals surface area contributed by atoms with Crippen LogP contribution in [0.3, 0.4) is 0 Å². The smallest absolute Gasteiger partial charge is 0.337 e. The van der Waals surface area contributed by atoms with E-state index in [0.29, 0.717) is 0 Å². The molecule has 4 fully saturated rings. The van der Waals surface area contributed by atoms with Crippen LogP contribution in [0.2, 0.25) is 0 Å². The molecule has 0 radical (unpaired) electrons. The quantitative estimate of drug-likeness (QED) is 0.0274. The van der Waals surface area contributed by atoms with Gasteiger partial charge < -0.3 is 61.6 Å². The molecule has 73 heavy (non-hydrogen) atoms. The van der Waals surface area contributed by atoms with E-state index in [2.05, 4.69) is 20.1 Å². The molecule has 2 bridgehead atoms. The summed E-state index contributed by atoms with van der Waals surface area (Å²) >= 11 is 0. The average molecular weight is 1010 g/mol. The van der Waals surface area contributed by atoms with Crippen molar-refractivity contribution in [1.29, 1.82) is 0 Å². The molecule has 0 N–H and O–H groups in total. The predicted molar refractivity (Wildman–Crippen MR) is 252 cm³/mol. The van der Waals surface area contributed by atoms with Crippen LogP contribution in [-0.2, 0) is 102 Å². The Kier molecular flexibility index (Phi) is 18.8. The van der Waals surface area contributed by atoms with Gasteiger partial charge >= 0.3 is 17.9 Å². The number of carbonyl (C=O) groups excluding carboxylic acids is 3. The molecule has 4 aromatic rings. The fraction of sp³-hybridized carbons (Fsp3) is 0.471. The number of hydrogen-bond donors (Lipinski definition) is 0. The zero-order valence-electron chi connectivity index (χ0n) is 40.2. The van der Waals surface area contributed by atoms with Crippen molar-refractivity contribution in [3.8, 4) is 0 Å². The van der Waals surface area contributed by atoms with Gasteiger partial charge in [-0.15, -0.1) is 0 Å². The van der Waals surface area contributed by atoms with Crippen LogP contribution in [0.5, 0.6) is 0 Å². The highest BCUT2D eigenvalue weighted by atomic mass is 16.8. The highest BCUT2D eigenvalue weighted by Gasteiger charge is 2.59. The average Bonchev–Trinajstić information content (AvgIpc) is 3.85. The number of methoxy groups -OCH3 is 1. The molecular formula is C51H56N6O16. The van der Waals surface area contributed by atoms with Gasteiger partial charge in [-0.1, -0.05) is 132 Å². The Morgan fingerprint density at radius 2 is 1.05 bits per heavy atom. The molecular weight excluding hydrogens is 953 g/mol. The second-order valence-corrected chi connectivity index (χ2v) is 17.4. The molecule has 0 amide bonds. The fourth-order valence-electron chi connectivity index (χ4n) is 9.06. The Balaban J connectivity index is 1.21. The second-order valence-electron chi connectivity index (χ2n) is 17.4. The third-order valence-corrected chi connectivity index (χ3v) is 12.4. The Labute approximate surface area is 420 Å². The standard InChI is InChI=1S/C51H56N6O16/c1-30(58)62-28-36-40(63-24-32-16-8-4-9-17-32)42(64-25-33-18-10-5-11-19-33)38(54-56-52)50(70-36)72-45-44(65-26-34-20-12-6-13-21-34)47(66-27-35-22-14-7-15-23-35)51(73-46(45)48(60)61-3)71-41-37-29-67-49(69-37)39(55-57-53)43(41)68-31(2)59/h4-23,36-47,49-51H,24-29H2,1-3H3/t36-,37-,38-,39-,40-,41?,42-,43-,44+,45+,46+,47-,49+,50-,51-/m1/s1. The number of carbonyl (C=O) groups is 3. The van der Waals surface area contributed by atoms with E-state index in [1.54, 1.807) is 0 Å². The van der Waals surface area contributed by atoms with Crippen molar-refractivity contribution in [1.82, 2.24) is 0 Å². The van der Waals surface area contributed by atoms with Gasteiger partial charge in [0.2, 0.25) is 0 Å². The van der Waals surface area contributed by atoms with E-state index in [0.717, 1.165) is 29.4 Å². The van der Waals surface area contributed by atoms with Crippen LogP contribution in [0.25, 0.3) is 20.9 Å². The number of rotatable bonds is 22. The van der Waals surface area contributed by atoms with Crippen LogP contribution in [0.4, 0.5) is 0 Å². The number of fused-ring (bicyclic) bond motifs is 2. The minimum absolute atomic E-state index is 0.0161. The van der Waals surface area contributed by atoms with Crippen molar-refractivity contribution >= 4 is 17.9 Å². The Bertz CT molecular complexity index is 2510. The predicted octanol–water partition coefficient (Wildman–Crippen LogP) is 6.33. The molecule has 0 saturated carbocycles. The van der Waals surface area contributed by atoms with E-state index in [4.69, 9.17) is 61.6 Å². The summed E-state index contributed by atoms with van der Waals surface area (Å²) < 4.78 is 82.3. The number of hydrogen-bond acceptors (Lipinski definition) is 18. The molecule has 22 nitrogen and oxygen atoms in total. The molecule has 0 spiro atoms. The molecule has 4 aliphatic heterocycles. The van der Waals surface area contributed by atoms with Gasteiger partial charge in [-0.25, -0.2) is 4.79 Å². The maximum atomic E-state index is 14.3. The van der Waals surface area contributed by atoms with Crippen LogP contribution in [-0.4, -0.2) is 130 Å². The summed E-state index contributed by atoms with van der Waals surface area (Å²) in [6, 6.07) is 34.4. The lowest BCUT2D eigenvalue weighted by atomic mass is 9.94. The lowest BCUT2D eigenvalue weighted by molar-refractivity contribution is -0.366. The summed E-state index contributed by atoms with van der Waals surface area (Å²) in [6.45, 7) is 1.98. The largest absolute Gasteiger partial charge is 0.467 e. The first-order valence-corrected chi connectivity index (χ1v) is 23.6. The summed E-state index contributed by atoms with van der Waals surface area (Å²) in [5.41, 5.74) is 22.9. The molecule has 4 saturated heterocycles. The maximum Gasteiger partial charge on any atom is 0.337 e. The number of nitrogens with zero attached hydrogens (tertiary/aromatic N) is 6. The molecule has 22 heteroatoms. The minimum Gasteiger partial charge on any atom is -0.467 e. The Morgan fingerprint density at radius 1 is 0.562 bits per heavy atom. The molecule has 1 unspecified atom stereocenters. The van der Waals surface area contributed by atoms with Crippen molar-refractivity contribution in [3.63, 3.8) is 0 Å². The first-order chi connectivity index (χ1) is 35.6. The van der Waals surface area contributed by atoms with Crippen LogP contribution in [0.15, 0.2) is 132 Å². The van der Waals surface area contributed by atoms with Gasteiger partial charge in [0.25, 0.3) is 0 Å². The topological polar surface area (TPSA) is 269 Å². The van der Waals surface area contributed by atoms with E-state index in [1.807, 2.05) is 121 Å². The Morgan fingerprint density at radius 3 is 1.56 bits per heavy atom. The highest BCUT2D eigenvalue weighted by Crippen LogP contribution is 2.40. The van der Waals surface area contributed by atoms with Crippen molar-refractivity contribution in [2.24, 2.45) is 10.2 Å². The van der Waals surface area contributed by atoms with E-state index in [1.165, 1.54) is 13.8 Å². The number of azide groups is 2. The number of esters is 3. The normalized spacial score (nSPS) is 30.5. The van der Waals surface area contributed by atoms with Crippen LogP contribution in [0.1, 0.15) is 36.1 Å². The van der Waals surface area contributed by atoms with Crippen LogP contribution < -0.4 is 0 Å². The molecule has 386 valence electrons. The lowest BCUT2D eigenvalue weighted by Gasteiger charge is -2.50. The van der Waals surface area contributed by atoms with Gasteiger partial charge in [0.15, 0.2) is 25.0 Å². The second kappa shape index (κ2) is 25.9.